The monoisotopic (exact) mass is 194 g/mol. The van der Waals surface area contributed by atoms with Gasteiger partial charge in [0, 0.05) is 11.6 Å². The zero-order valence-electron chi connectivity index (χ0n) is 7.35. The van der Waals surface area contributed by atoms with E-state index in [4.69, 9.17) is 5.26 Å². The number of halogens is 2. The first-order valence-electron chi connectivity index (χ1n) is 4.35. The molecule has 4 heteroatoms. The fourth-order valence-electron chi connectivity index (χ4n) is 1.52. The smallest absolute Gasteiger partial charge is 0.132 e. The molecule has 2 rings (SSSR count). The quantitative estimate of drug-likeness (QED) is 0.740. The van der Waals surface area contributed by atoms with E-state index in [1.807, 2.05) is 0 Å². The van der Waals surface area contributed by atoms with Gasteiger partial charge < -0.3 is 5.32 Å². The Kier molecular flexibility index (Phi) is 2.18. The Balaban J connectivity index is 2.45. The van der Waals surface area contributed by atoms with Crippen LogP contribution in [0.1, 0.15) is 23.6 Å². The van der Waals surface area contributed by atoms with Gasteiger partial charge in [0.15, 0.2) is 0 Å². The van der Waals surface area contributed by atoms with E-state index in [1.165, 1.54) is 0 Å². The Hall–Kier alpha value is -1.47. The van der Waals surface area contributed by atoms with E-state index in [0.717, 1.165) is 25.1 Å². The van der Waals surface area contributed by atoms with Crippen LogP contribution in [0.4, 0.5) is 8.78 Å². The topological polar surface area (TPSA) is 35.8 Å². The normalized spacial score (nSPS) is 19.9. The third-order valence-corrected chi connectivity index (χ3v) is 2.38. The highest BCUT2D eigenvalue weighted by Crippen LogP contribution is 2.28. The van der Waals surface area contributed by atoms with Crippen LogP contribution in [-0.2, 0) is 0 Å². The summed E-state index contributed by atoms with van der Waals surface area (Å²) in [6.07, 6.45) is 0.736. The Labute approximate surface area is 80.2 Å². The number of benzene rings is 1. The van der Waals surface area contributed by atoms with E-state index in [9.17, 15) is 8.78 Å². The van der Waals surface area contributed by atoms with Crippen LogP contribution in [0.15, 0.2) is 12.1 Å². The summed E-state index contributed by atoms with van der Waals surface area (Å²) in [6, 6.07) is 3.61. The van der Waals surface area contributed by atoms with Gasteiger partial charge in [-0.3, -0.25) is 0 Å². The van der Waals surface area contributed by atoms with Crippen molar-refractivity contribution in [3.05, 3.63) is 34.9 Å². The molecular formula is C10H8F2N2. The third-order valence-electron chi connectivity index (χ3n) is 2.38. The van der Waals surface area contributed by atoms with Gasteiger partial charge in [0.05, 0.1) is 11.6 Å². The molecule has 0 radical (unpaired) electrons. The molecule has 1 heterocycles. The molecule has 1 aliphatic rings. The molecule has 1 aromatic carbocycles. The molecular weight excluding hydrogens is 186 g/mol. The number of nitrogens with zero attached hydrogens (tertiary/aromatic N) is 1. The average molecular weight is 194 g/mol. The highest BCUT2D eigenvalue weighted by Gasteiger charge is 2.25. The van der Waals surface area contributed by atoms with E-state index in [1.54, 1.807) is 6.07 Å². The summed E-state index contributed by atoms with van der Waals surface area (Å²) in [5, 5.41) is 11.4. The van der Waals surface area contributed by atoms with Gasteiger partial charge in [0.1, 0.15) is 11.6 Å². The van der Waals surface area contributed by atoms with Crippen LogP contribution >= 0.6 is 0 Å². The molecule has 0 spiro atoms. The fraction of sp³-hybridized carbons (Fsp3) is 0.300. The predicted octanol–water partition coefficient (Wildman–Crippen LogP) is 1.87. The minimum absolute atomic E-state index is 0.0167. The molecule has 1 N–H and O–H groups in total. The van der Waals surface area contributed by atoms with Crippen LogP contribution in [0.5, 0.6) is 0 Å². The molecule has 0 bridgehead atoms. The van der Waals surface area contributed by atoms with Gasteiger partial charge in [-0.25, -0.2) is 8.78 Å². The third kappa shape index (κ3) is 1.36. The van der Waals surface area contributed by atoms with Crippen molar-refractivity contribution < 1.29 is 8.78 Å². The lowest BCUT2D eigenvalue weighted by Crippen LogP contribution is -2.36. The minimum Gasteiger partial charge on any atom is -0.310 e. The molecule has 2 nitrogen and oxygen atoms in total. The van der Waals surface area contributed by atoms with Crippen molar-refractivity contribution in [2.45, 2.75) is 12.5 Å². The van der Waals surface area contributed by atoms with Crippen molar-refractivity contribution in [2.75, 3.05) is 6.54 Å². The summed E-state index contributed by atoms with van der Waals surface area (Å²) >= 11 is 0. The molecule has 1 aromatic rings. The summed E-state index contributed by atoms with van der Waals surface area (Å²) in [7, 11) is 0. The van der Waals surface area contributed by atoms with Gasteiger partial charge in [0.2, 0.25) is 0 Å². The first-order valence-corrected chi connectivity index (χ1v) is 4.35. The molecule has 0 amide bonds. The second kappa shape index (κ2) is 3.35. The van der Waals surface area contributed by atoms with Crippen LogP contribution in [0.2, 0.25) is 0 Å². The molecule has 0 saturated carbocycles. The van der Waals surface area contributed by atoms with Crippen molar-refractivity contribution in [1.29, 1.82) is 5.26 Å². The highest BCUT2D eigenvalue weighted by molar-refractivity contribution is 5.36. The van der Waals surface area contributed by atoms with Crippen molar-refractivity contribution in [2.24, 2.45) is 0 Å². The number of hydrogen-bond donors (Lipinski definition) is 1. The maximum Gasteiger partial charge on any atom is 0.132 e. The molecule has 1 fully saturated rings. The molecule has 0 aliphatic carbocycles. The Morgan fingerprint density at radius 3 is 2.29 bits per heavy atom. The maximum absolute atomic E-state index is 13.3. The minimum atomic E-state index is -0.640. The predicted molar refractivity (Wildman–Crippen MR) is 46.4 cm³/mol. The average Bonchev–Trinajstić information content (AvgIpc) is 2.07. The van der Waals surface area contributed by atoms with E-state index in [2.05, 4.69) is 5.32 Å². The number of nitriles is 1. The zero-order chi connectivity index (χ0) is 10.1. The summed E-state index contributed by atoms with van der Waals surface area (Å²) in [4.78, 5) is 0. The van der Waals surface area contributed by atoms with Gasteiger partial charge in [-0.05, 0) is 25.1 Å². The molecule has 14 heavy (non-hydrogen) atoms. The van der Waals surface area contributed by atoms with E-state index >= 15 is 0 Å². The molecule has 1 atom stereocenters. The Morgan fingerprint density at radius 2 is 1.93 bits per heavy atom. The second-order valence-electron chi connectivity index (χ2n) is 3.26. The van der Waals surface area contributed by atoms with Crippen LogP contribution in [0.3, 0.4) is 0 Å². The summed E-state index contributed by atoms with van der Waals surface area (Å²) < 4.78 is 26.7. The van der Waals surface area contributed by atoms with Crippen LogP contribution in [-0.4, -0.2) is 6.54 Å². The van der Waals surface area contributed by atoms with Crippen molar-refractivity contribution in [3.63, 3.8) is 0 Å². The van der Waals surface area contributed by atoms with Crippen LogP contribution in [0.25, 0.3) is 0 Å². The van der Waals surface area contributed by atoms with E-state index < -0.39 is 11.6 Å². The van der Waals surface area contributed by atoms with Gasteiger partial charge in [-0.2, -0.15) is 5.26 Å². The largest absolute Gasteiger partial charge is 0.310 e. The van der Waals surface area contributed by atoms with Crippen molar-refractivity contribution in [1.82, 2.24) is 5.32 Å². The lowest BCUT2D eigenvalue weighted by Gasteiger charge is -2.28. The number of rotatable bonds is 1. The molecule has 1 aliphatic heterocycles. The number of hydrogen-bond acceptors (Lipinski definition) is 2. The Morgan fingerprint density at radius 1 is 1.36 bits per heavy atom. The standard InChI is InChI=1S/C10H8F2N2/c11-7-3-6(5-13)4-8(12)10(7)9-1-2-14-9/h3-4,9,14H,1-2H2/t9-/m0/s1. The van der Waals surface area contributed by atoms with Crippen molar-refractivity contribution >= 4 is 0 Å². The Bertz CT molecular complexity index is 382. The lowest BCUT2D eigenvalue weighted by atomic mass is 9.96. The fourth-order valence-corrected chi connectivity index (χ4v) is 1.52. The SMILES string of the molecule is N#Cc1cc(F)c([C@@H]2CCN2)c(F)c1. The molecule has 0 unspecified atom stereocenters. The first kappa shape index (κ1) is 9.10. The lowest BCUT2D eigenvalue weighted by molar-refractivity contribution is 0.356. The van der Waals surface area contributed by atoms with Gasteiger partial charge >= 0.3 is 0 Å². The van der Waals surface area contributed by atoms with E-state index in [0.29, 0.717) is 0 Å². The summed E-state index contributed by atoms with van der Waals surface area (Å²) in [5.74, 6) is -1.28. The summed E-state index contributed by atoms with van der Waals surface area (Å²) in [5.41, 5.74) is 0.0679. The number of nitrogens with one attached hydrogen (secondary N) is 1. The van der Waals surface area contributed by atoms with E-state index in [-0.39, 0.29) is 17.2 Å². The second-order valence-corrected chi connectivity index (χ2v) is 3.26. The van der Waals surface area contributed by atoms with Crippen LogP contribution < -0.4 is 5.32 Å². The van der Waals surface area contributed by atoms with Crippen LogP contribution in [0, 0.1) is 23.0 Å². The van der Waals surface area contributed by atoms with Gasteiger partial charge in [-0.15, -0.1) is 0 Å². The molecule has 72 valence electrons. The molecule has 0 aromatic heterocycles. The van der Waals surface area contributed by atoms with Gasteiger partial charge in [0.25, 0.3) is 0 Å². The maximum atomic E-state index is 13.3. The van der Waals surface area contributed by atoms with Gasteiger partial charge in [-0.1, -0.05) is 0 Å². The molecule has 1 saturated heterocycles. The highest BCUT2D eigenvalue weighted by atomic mass is 19.1. The summed E-state index contributed by atoms with van der Waals surface area (Å²) in [6.45, 7) is 0.781. The first-order chi connectivity index (χ1) is 6.72. The van der Waals surface area contributed by atoms with Crippen molar-refractivity contribution in [3.8, 4) is 6.07 Å². The zero-order valence-corrected chi connectivity index (χ0v) is 7.35.